The molecule has 2 aromatic rings. The number of ether oxygens (including phenoxy) is 2. The Hall–Kier alpha value is -2.27. The SMILES string of the molecule is CCOC(=O)C(C)(C)Oc1c(C)cc(C[C@@H]2CCC[C@H]2C(=O)c2ccc(SC)cc2)cc1C. The molecule has 0 aromatic heterocycles. The lowest BCUT2D eigenvalue weighted by molar-refractivity contribution is -0.158. The quantitative estimate of drug-likeness (QED) is 0.236. The van der Waals surface area contributed by atoms with E-state index in [2.05, 4.69) is 12.1 Å². The molecule has 0 saturated heterocycles. The van der Waals surface area contributed by atoms with Crippen LogP contribution in [0.15, 0.2) is 41.3 Å². The molecule has 0 heterocycles. The van der Waals surface area contributed by atoms with Crippen molar-refractivity contribution < 1.29 is 19.1 Å². The first-order valence-corrected chi connectivity index (χ1v) is 13.0. The lowest BCUT2D eigenvalue weighted by Crippen LogP contribution is -2.40. The number of esters is 1. The Morgan fingerprint density at radius 3 is 2.27 bits per heavy atom. The highest BCUT2D eigenvalue weighted by Gasteiger charge is 2.35. The summed E-state index contributed by atoms with van der Waals surface area (Å²) in [6.07, 6.45) is 6.05. The lowest BCUT2D eigenvalue weighted by atomic mass is 9.84. The van der Waals surface area contributed by atoms with Crippen molar-refractivity contribution in [2.24, 2.45) is 11.8 Å². The van der Waals surface area contributed by atoms with E-state index < -0.39 is 5.60 Å². The van der Waals surface area contributed by atoms with Crippen molar-refractivity contribution >= 4 is 23.5 Å². The summed E-state index contributed by atoms with van der Waals surface area (Å²) in [6.45, 7) is 9.61. The highest BCUT2D eigenvalue weighted by molar-refractivity contribution is 7.98. The predicted octanol–water partition coefficient (Wildman–Crippen LogP) is 6.59. The van der Waals surface area contributed by atoms with Crippen LogP contribution >= 0.6 is 11.8 Å². The highest BCUT2D eigenvalue weighted by atomic mass is 32.2. The molecule has 4 nitrogen and oxygen atoms in total. The number of benzene rings is 2. The summed E-state index contributed by atoms with van der Waals surface area (Å²) in [4.78, 5) is 26.7. The van der Waals surface area contributed by atoms with Crippen LogP contribution in [0.1, 0.15) is 67.1 Å². The zero-order valence-corrected chi connectivity index (χ0v) is 21.5. The fourth-order valence-electron chi connectivity index (χ4n) is 4.82. The molecule has 2 atom stereocenters. The monoisotopic (exact) mass is 468 g/mol. The van der Waals surface area contributed by atoms with Gasteiger partial charge in [-0.2, -0.15) is 0 Å². The third-order valence-electron chi connectivity index (χ3n) is 6.51. The molecule has 5 heteroatoms. The second kappa shape index (κ2) is 10.8. The first kappa shape index (κ1) is 25.4. The van der Waals surface area contributed by atoms with E-state index >= 15 is 0 Å². The van der Waals surface area contributed by atoms with Gasteiger partial charge in [-0.1, -0.05) is 30.7 Å². The van der Waals surface area contributed by atoms with Crippen LogP contribution in [0.25, 0.3) is 0 Å². The van der Waals surface area contributed by atoms with Crippen LogP contribution in [0.3, 0.4) is 0 Å². The number of Topliss-reactive ketones (excluding diaryl/α,β-unsaturated/α-hetero) is 1. The molecule has 1 saturated carbocycles. The third-order valence-corrected chi connectivity index (χ3v) is 7.26. The molecule has 1 fully saturated rings. The summed E-state index contributed by atoms with van der Waals surface area (Å²) in [7, 11) is 0. The van der Waals surface area contributed by atoms with E-state index in [-0.39, 0.29) is 17.7 Å². The molecule has 1 aliphatic rings. The zero-order chi connectivity index (χ0) is 24.2. The maximum Gasteiger partial charge on any atom is 0.349 e. The average Bonchev–Trinajstić information content (AvgIpc) is 3.24. The van der Waals surface area contributed by atoms with Crippen LogP contribution in [-0.2, 0) is 16.0 Å². The molecule has 3 rings (SSSR count). The van der Waals surface area contributed by atoms with Crippen molar-refractivity contribution in [2.75, 3.05) is 12.9 Å². The van der Waals surface area contributed by atoms with E-state index in [1.165, 1.54) is 10.5 Å². The van der Waals surface area contributed by atoms with Crippen LogP contribution in [0.2, 0.25) is 0 Å². The fraction of sp³-hybridized carbons (Fsp3) is 0.500. The van der Waals surface area contributed by atoms with Crippen molar-refractivity contribution in [1.82, 2.24) is 0 Å². The molecule has 1 aliphatic carbocycles. The van der Waals surface area contributed by atoms with Gasteiger partial charge in [-0.3, -0.25) is 4.79 Å². The molecule has 0 bridgehead atoms. The molecule has 0 aliphatic heterocycles. The van der Waals surface area contributed by atoms with Gasteiger partial charge in [0.2, 0.25) is 0 Å². The van der Waals surface area contributed by atoms with Gasteiger partial charge in [0.25, 0.3) is 0 Å². The normalized spacial score (nSPS) is 18.2. The van der Waals surface area contributed by atoms with E-state index in [9.17, 15) is 9.59 Å². The molecule has 178 valence electrons. The summed E-state index contributed by atoms with van der Waals surface area (Å²) >= 11 is 1.69. The smallest absolute Gasteiger partial charge is 0.349 e. The van der Waals surface area contributed by atoms with Gasteiger partial charge in [0.1, 0.15) is 5.75 Å². The lowest BCUT2D eigenvalue weighted by Gasteiger charge is -2.27. The molecule has 0 unspecified atom stereocenters. The van der Waals surface area contributed by atoms with Crippen molar-refractivity contribution in [1.29, 1.82) is 0 Å². The molecule has 0 amide bonds. The zero-order valence-electron chi connectivity index (χ0n) is 20.7. The number of carbonyl (C=O) groups is 2. The largest absolute Gasteiger partial charge is 0.476 e. The molecular formula is C28H36O4S. The van der Waals surface area contributed by atoms with E-state index in [4.69, 9.17) is 9.47 Å². The molecule has 0 N–H and O–H groups in total. The van der Waals surface area contributed by atoms with Gasteiger partial charge in [0.15, 0.2) is 11.4 Å². The Kier molecular flexibility index (Phi) is 8.28. The van der Waals surface area contributed by atoms with E-state index in [1.807, 2.05) is 44.4 Å². The second-order valence-electron chi connectivity index (χ2n) is 9.49. The standard InChI is InChI=1S/C28H36O4S/c1-7-31-27(30)28(4,5)32-26-18(2)15-20(16-19(26)3)17-22-9-8-10-24(22)25(29)21-11-13-23(33-6)14-12-21/h11-16,22,24H,7-10,17H2,1-6H3/t22-,24+/m0/s1. The molecule has 0 spiro atoms. The number of rotatable bonds is 9. The van der Waals surface area contributed by atoms with Crippen LogP contribution < -0.4 is 4.74 Å². The van der Waals surface area contributed by atoms with Crippen LogP contribution in [0, 0.1) is 25.7 Å². The number of aryl methyl sites for hydroxylation is 2. The maximum absolute atomic E-state index is 13.2. The summed E-state index contributed by atoms with van der Waals surface area (Å²) in [5, 5.41) is 0. The Labute approximate surface area is 202 Å². The number of carbonyl (C=O) groups excluding carboxylic acids is 2. The Balaban J connectivity index is 1.74. The Morgan fingerprint density at radius 2 is 1.70 bits per heavy atom. The van der Waals surface area contributed by atoms with E-state index in [0.29, 0.717) is 12.5 Å². The average molecular weight is 469 g/mol. The van der Waals surface area contributed by atoms with Gasteiger partial charge in [0, 0.05) is 16.4 Å². The minimum Gasteiger partial charge on any atom is -0.476 e. The summed E-state index contributed by atoms with van der Waals surface area (Å²) in [6, 6.07) is 12.3. The molecule has 2 aromatic carbocycles. The first-order chi connectivity index (χ1) is 15.7. The van der Waals surface area contributed by atoms with Gasteiger partial charge in [-0.05, 0) is 94.9 Å². The third kappa shape index (κ3) is 6.00. The van der Waals surface area contributed by atoms with Crippen molar-refractivity contribution in [2.45, 2.75) is 70.8 Å². The Bertz CT molecular complexity index is 970. The highest BCUT2D eigenvalue weighted by Crippen LogP contribution is 2.38. The number of hydrogen-bond donors (Lipinski definition) is 0. The number of ketones is 1. The fourth-order valence-corrected chi connectivity index (χ4v) is 5.23. The van der Waals surface area contributed by atoms with Gasteiger partial charge in [0.05, 0.1) is 6.61 Å². The van der Waals surface area contributed by atoms with Gasteiger partial charge >= 0.3 is 5.97 Å². The molecular weight excluding hydrogens is 432 g/mol. The van der Waals surface area contributed by atoms with Gasteiger partial charge in [-0.15, -0.1) is 11.8 Å². The van der Waals surface area contributed by atoms with Crippen LogP contribution in [0.5, 0.6) is 5.75 Å². The van der Waals surface area contributed by atoms with Gasteiger partial charge < -0.3 is 9.47 Å². The first-order valence-electron chi connectivity index (χ1n) is 11.8. The molecule has 33 heavy (non-hydrogen) atoms. The minimum atomic E-state index is -1.05. The van der Waals surface area contributed by atoms with Crippen molar-refractivity contribution in [3.63, 3.8) is 0 Å². The van der Waals surface area contributed by atoms with E-state index in [1.54, 1.807) is 32.5 Å². The second-order valence-corrected chi connectivity index (χ2v) is 10.4. The summed E-state index contributed by atoms with van der Waals surface area (Å²) in [5.74, 6) is 1.05. The maximum atomic E-state index is 13.2. The van der Waals surface area contributed by atoms with Crippen molar-refractivity contribution in [3.8, 4) is 5.75 Å². The van der Waals surface area contributed by atoms with E-state index in [0.717, 1.165) is 48.1 Å². The topological polar surface area (TPSA) is 52.6 Å². The number of hydrogen-bond acceptors (Lipinski definition) is 5. The minimum absolute atomic E-state index is 0.0735. The molecule has 0 radical (unpaired) electrons. The predicted molar refractivity (Wildman–Crippen MR) is 134 cm³/mol. The van der Waals surface area contributed by atoms with Crippen LogP contribution in [0.4, 0.5) is 0 Å². The Morgan fingerprint density at radius 1 is 1.06 bits per heavy atom. The van der Waals surface area contributed by atoms with Crippen LogP contribution in [-0.4, -0.2) is 30.2 Å². The van der Waals surface area contributed by atoms with Crippen molar-refractivity contribution in [3.05, 3.63) is 58.7 Å². The van der Waals surface area contributed by atoms with Gasteiger partial charge in [-0.25, -0.2) is 4.79 Å². The summed E-state index contributed by atoms with van der Waals surface area (Å²) < 4.78 is 11.3. The summed E-state index contributed by atoms with van der Waals surface area (Å²) in [5.41, 5.74) is 2.98. The number of thioether (sulfide) groups is 1.